The van der Waals surface area contributed by atoms with Gasteiger partial charge in [0.05, 0.1) is 4.92 Å². The Morgan fingerprint density at radius 3 is 2.72 bits per heavy atom. The molecule has 0 saturated heterocycles. The Morgan fingerprint density at radius 1 is 1.20 bits per heavy atom. The number of nitrogens with zero attached hydrogens (tertiary/aromatic N) is 2. The lowest BCUT2D eigenvalue weighted by molar-refractivity contribution is -0.384. The lowest BCUT2D eigenvalue weighted by atomic mass is 10.0. The first-order chi connectivity index (χ1) is 12.0. The van der Waals surface area contributed by atoms with E-state index in [9.17, 15) is 20.2 Å². The molecule has 0 bridgehead atoms. The fourth-order valence-electron chi connectivity index (χ4n) is 2.40. The van der Waals surface area contributed by atoms with Gasteiger partial charge in [0.15, 0.2) is 0 Å². The fraction of sp³-hybridized carbons (Fsp3) is 0. The van der Waals surface area contributed by atoms with Crippen LogP contribution in [-0.2, 0) is 0 Å². The van der Waals surface area contributed by atoms with Crippen LogP contribution in [0.2, 0.25) is 5.02 Å². The van der Waals surface area contributed by atoms with E-state index in [1.807, 2.05) is 6.07 Å². The van der Waals surface area contributed by atoms with Crippen molar-refractivity contribution < 1.29 is 9.34 Å². The van der Waals surface area contributed by atoms with Gasteiger partial charge >= 0.3 is 5.63 Å². The van der Waals surface area contributed by atoms with E-state index in [0.29, 0.717) is 27.1 Å². The summed E-state index contributed by atoms with van der Waals surface area (Å²) in [6, 6.07) is 12.5. The summed E-state index contributed by atoms with van der Waals surface area (Å²) in [6.07, 6.45) is 3.14. The largest absolute Gasteiger partial charge is 0.422 e. The standard InChI is InChI=1S/C18H9ClN2O4/c19-12-5-7-17-15(9-12)14(16(10-20)18(22)25-17)6-4-11-2-1-3-13(8-11)21(23)24/h1-9H/b6-4+. The zero-order valence-corrected chi connectivity index (χ0v) is 13.4. The van der Waals surface area contributed by atoms with Crippen LogP contribution in [0.3, 0.4) is 0 Å². The fourth-order valence-corrected chi connectivity index (χ4v) is 2.57. The molecule has 122 valence electrons. The van der Waals surface area contributed by atoms with Gasteiger partial charge in [-0.1, -0.05) is 35.9 Å². The predicted octanol–water partition coefficient (Wildman–Crippen LogP) is 4.40. The van der Waals surface area contributed by atoms with E-state index in [2.05, 4.69) is 0 Å². The summed E-state index contributed by atoms with van der Waals surface area (Å²) in [5.74, 6) is 0. The van der Waals surface area contributed by atoms with Crippen LogP contribution in [0.4, 0.5) is 5.69 Å². The molecule has 6 nitrogen and oxygen atoms in total. The van der Waals surface area contributed by atoms with Gasteiger partial charge in [-0.3, -0.25) is 10.1 Å². The molecule has 0 N–H and O–H groups in total. The van der Waals surface area contributed by atoms with Crippen molar-refractivity contribution in [2.45, 2.75) is 0 Å². The zero-order chi connectivity index (χ0) is 18.0. The van der Waals surface area contributed by atoms with E-state index in [0.717, 1.165) is 0 Å². The molecule has 0 unspecified atom stereocenters. The number of hydrogen-bond donors (Lipinski definition) is 0. The smallest absolute Gasteiger partial charge is 0.354 e. The molecule has 3 aromatic rings. The topological polar surface area (TPSA) is 97.1 Å². The Labute approximate surface area is 146 Å². The average molecular weight is 353 g/mol. The number of fused-ring (bicyclic) bond motifs is 1. The number of halogens is 1. The van der Waals surface area contributed by atoms with Gasteiger partial charge in [-0.2, -0.15) is 5.26 Å². The van der Waals surface area contributed by atoms with Crippen molar-refractivity contribution in [1.29, 1.82) is 5.26 Å². The first-order valence-corrected chi connectivity index (χ1v) is 7.46. The van der Waals surface area contributed by atoms with Gasteiger partial charge in [0, 0.05) is 28.1 Å². The highest BCUT2D eigenvalue weighted by Crippen LogP contribution is 2.25. The molecule has 0 aliphatic heterocycles. The molecule has 2 aromatic carbocycles. The molecular weight excluding hydrogens is 344 g/mol. The van der Waals surface area contributed by atoms with Crippen molar-refractivity contribution in [1.82, 2.24) is 0 Å². The molecule has 0 aliphatic rings. The van der Waals surface area contributed by atoms with Gasteiger partial charge in [-0.05, 0) is 23.8 Å². The van der Waals surface area contributed by atoms with Gasteiger partial charge in [-0.25, -0.2) is 4.79 Å². The molecule has 0 radical (unpaired) electrons. The highest BCUT2D eigenvalue weighted by Gasteiger charge is 2.13. The molecule has 7 heteroatoms. The van der Waals surface area contributed by atoms with E-state index >= 15 is 0 Å². The molecule has 1 aromatic heterocycles. The second-order valence-electron chi connectivity index (χ2n) is 5.12. The molecule has 0 atom stereocenters. The van der Waals surface area contributed by atoms with Crippen molar-refractivity contribution in [2.75, 3.05) is 0 Å². The first kappa shape index (κ1) is 16.4. The highest BCUT2D eigenvalue weighted by atomic mass is 35.5. The van der Waals surface area contributed by atoms with Gasteiger partial charge in [0.25, 0.3) is 5.69 Å². The number of hydrogen-bond acceptors (Lipinski definition) is 5. The highest BCUT2D eigenvalue weighted by molar-refractivity contribution is 6.31. The quantitative estimate of drug-likeness (QED) is 0.395. The van der Waals surface area contributed by atoms with E-state index in [-0.39, 0.29) is 11.3 Å². The van der Waals surface area contributed by atoms with Gasteiger partial charge in [0.2, 0.25) is 0 Å². The lowest BCUT2D eigenvalue weighted by Crippen LogP contribution is -2.06. The van der Waals surface area contributed by atoms with Gasteiger partial charge in [-0.15, -0.1) is 0 Å². The Hall–Kier alpha value is -3.43. The molecule has 3 rings (SSSR count). The van der Waals surface area contributed by atoms with E-state index in [1.165, 1.54) is 12.1 Å². The van der Waals surface area contributed by atoms with E-state index in [4.69, 9.17) is 16.0 Å². The number of benzene rings is 2. The van der Waals surface area contributed by atoms with Crippen molar-refractivity contribution in [3.05, 3.63) is 84.7 Å². The Balaban J connectivity index is 2.19. The summed E-state index contributed by atoms with van der Waals surface area (Å²) in [5.41, 5.74) is 0.243. The summed E-state index contributed by atoms with van der Waals surface area (Å²) in [7, 11) is 0. The Bertz CT molecular complexity index is 1130. The third-order valence-corrected chi connectivity index (χ3v) is 3.78. The lowest BCUT2D eigenvalue weighted by Gasteiger charge is -2.04. The first-order valence-electron chi connectivity index (χ1n) is 7.08. The van der Waals surface area contributed by atoms with E-state index in [1.54, 1.807) is 42.5 Å². The monoisotopic (exact) mass is 352 g/mol. The minimum atomic E-state index is -0.754. The summed E-state index contributed by atoms with van der Waals surface area (Å²) < 4.78 is 5.12. The molecule has 25 heavy (non-hydrogen) atoms. The van der Waals surface area contributed by atoms with Crippen LogP contribution in [0.25, 0.3) is 23.1 Å². The summed E-state index contributed by atoms with van der Waals surface area (Å²) in [4.78, 5) is 22.3. The van der Waals surface area contributed by atoms with Crippen molar-refractivity contribution >= 4 is 40.4 Å². The number of rotatable bonds is 3. The molecule has 1 heterocycles. The SMILES string of the molecule is N#Cc1c(/C=C/c2cccc([N+](=O)[O-])c2)c2cc(Cl)ccc2oc1=O. The van der Waals surface area contributed by atoms with Crippen LogP contribution >= 0.6 is 11.6 Å². The third-order valence-electron chi connectivity index (χ3n) is 3.54. The van der Waals surface area contributed by atoms with Crippen molar-refractivity contribution in [3.8, 4) is 6.07 Å². The maximum absolute atomic E-state index is 12.0. The van der Waals surface area contributed by atoms with Crippen molar-refractivity contribution in [3.63, 3.8) is 0 Å². The molecule has 0 aliphatic carbocycles. The normalized spacial score (nSPS) is 10.9. The van der Waals surface area contributed by atoms with Crippen LogP contribution < -0.4 is 5.63 Å². The summed E-state index contributed by atoms with van der Waals surface area (Å²) in [5, 5.41) is 21.1. The molecular formula is C18H9ClN2O4. The maximum atomic E-state index is 12.0. The maximum Gasteiger partial charge on any atom is 0.354 e. The minimum Gasteiger partial charge on any atom is -0.422 e. The minimum absolute atomic E-state index is 0.0527. The van der Waals surface area contributed by atoms with Crippen LogP contribution in [0.1, 0.15) is 16.7 Å². The molecule has 0 spiro atoms. The number of nitro benzene ring substituents is 1. The van der Waals surface area contributed by atoms with Gasteiger partial charge < -0.3 is 4.42 Å². The number of nitro groups is 1. The van der Waals surface area contributed by atoms with Crippen LogP contribution in [0.5, 0.6) is 0 Å². The summed E-state index contributed by atoms with van der Waals surface area (Å²) >= 11 is 6.00. The molecule has 0 fully saturated rings. The van der Waals surface area contributed by atoms with Crippen molar-refractivity contribution in [2.24, 2.45) is 0 Å². The van der Waals surface area contributed by atoms with E-state index < -0.39 is 10.5 Å². The Kier molecular flexibility index (Phi) is 4.33. The second kappa shape index (κ2) is 6.59. The molecule has 0 saturated carbocycles. The average Bonchev–Trinajstić information content (AvgIpc) is 2.60. The predicted molar refractivity (Wildman–Crippen MR) is 94.2 cm³/mol. The van der Waals surface area contributed by atoms with Crippen LogP contribution in [0, 0.1) is 21.4 Å². The molecule has 0 amide bonds. The second-order valence-corrected chi connectivity index (χ2v) is 5.55. The third kappa shape index (κ3) is 3.27. The summed E-state index contributed by atoms with van der Waals surface area (Å²) in [6.45, 7) is 0. The number of non-ortho nitro benzene ring substituents is 1. The zero-order valence-electron chi connectivity index (χ0n) is 12.6. The van der Waals surface area contributed by atoms with Gasteiger partial charge in [0.1, 0.15) is 17.2 Å². The van der Waals surface area contributed by atoms with Crippen LogP contribution in [0.15, 0.2) is 51.7 Å². The number of nitriles is 1. The van der Waals surface area contributed by atoms with Crippen LogP contribution in [-0.4, -0.2) is 4.92 Å². The Morgan fingerprint density at radius 2 is 2.00 bits per heavy atom.